The van der Waals surface area contributed by atoms with Gasteiger partial charge in [-0.25, -0.2) is 4.79 Å². The standard InChI is InChI=1S/C19H16N2O5/c1-12(25-19(23)15-5-3-13(11-22)4-6-15)17-20-21-18(26-17)14-7-9-16(24-2)10-8-14/h3-12H,1-2H3/t12-/m0/s1. The smallest absolute Gasteiger partial charge is 0.338 e. The van der Waals surface area contributed by atoms with Crippen LogP contribution in [0.1, 0.15) is 39.6 Å². The Hall–Kier alpha value is -3.48. The normalized spacial score (nSPS) is 11.6. The predicted molar refractivity (Wildman–Crippen MR) is 91.9 cm³/mol. The molecule has 7 heteroatoms. The highest BCUT2D eigenvalue weighted by atomic mass is 16.6. The van der Waals surface area contributed by atoms with E-state index in [1.54, 1.807) is 50.4 Å². The number of hydrogen-bond acceptors (Lipinski definition) is 7. The van der Waals surface area contributed by atoms with Crippen molar-refractivity contribution in [1.82, 2.24) is 10.2 Å². The highest BCUT2D eigenvalue weighted by molar-refractivity contribution is 5.90. The van der Waals surface area contributed by atoms with Crippen molar-refractivity contribution in [1.29, 1.82) is 0 Å². The summed E-state index contributed by atoms with van der Waals surface area (Å²) in [4.78, 5) is 22.8. The van der Waals surface area contributed by atoms with Crippen LogP contribution >= 0.6 is 0 Å². The van der Waals surface area contributed by atoms with Gasteiger partial charge in [0.1, 0.15) is 12.0 Å². The van der Waals surface area contributed by atoms with Gasteiger partial charge in [0.15, 0.2) is 6.10 Å². The number of carbonyl (C=O) groups is 2. The zero-order chi connectivity index (χ0) is 18.5. The number of rotatable bonds is 6. The number of methoxy groups -OCH3 is 1. The van der Waals surface area contributed by atoms with Gasteiger partial charge in [0.2, 0.25) is 5.89 Å². The molecule has 0 bridgehead atoms. The van der Waals surface area contributed by atoms with Crippen molar-refractivity contribution in [2.75, 3.05) is 7.11 Å². The third-order valence-corrected chi connectivity index (χ3v) is 3.69. The molecule has 7 nitrogen and oxygen atoms in total. The van der Waals surface area contributed by atoms with Crippen LogP contribution in [-0.2, 0) is 4.74 Å². The molecular weight excluding hydrogens is 336 g/mol. The van der Waals surface area contributed by atoms with Gasteiger partial charge in [-0.1, -0.05) is 12.1 Å². The average Bonchev–Trinajstić information content (AvgIpc) is 3.18. The van der Waals surface area contributed by atoms with E-state index in [1.807, 2.05) is 0 Å². The van der Waals surface area contributed by atoms with Crippen molar-refractivity contribution in [3.63, 3.8) is 0 Å². The van der Waals surface area contributed by atoms with Crippen LogP contribution in [0, 0.1) is 0 Å². The van der Waals surface area contributed by atoms with Crippen LogP contribution in [0.15, 0.2) is 52.9 Å². The lowest BCUT2D eigenvalue weighted by molar-refractivity contribution is 0.0279. The minimum atomic E-state index is -0.715. The summed E-state index contributed by atoms with van der Waals surface area (Å²) in [5.41, 5.74) is 1.54. The molecule has 0 aliphatic heterocycles. The summed E-state index contributed by atoms with van der Waals surface area (Å²) in [6.07, 6.45) is -0.00982. The summed E-state index contributed by atoms with van der Waals surface area (Å²) in [6, 6.07) is 13.3. The zero-order valence-corrected chi connectivity index (χ0v) is 14.2. The van der Waals surface area contributed by atoms with E-state index in [4.69, 9.17) is 13.9 Å². The second-order valence-electron chi connectivity index (χ2n) is 5.46. The summed E-state index contributed by atoms with van der Waals surface area (Å²) in [6.45, 7) is 1.64. The minimum Gasteiger partial charge on any atom is -0.497 e. The molecule has 1 aromatic heterocycles. The van der Waals surface area contributed by atoms with Crippen molar-refractivity contribution in [2.24, 2.45) is 0 Å². The third kappa shape index (κ3) is 3.77. The number of ether oxygens (including phenoxy) is 2. The molecule has 0 aliphatic carbocycles. The molecule has 1 atom stereocenters. The van der Waals surface area contributed by atoms with E-state index in [-0.39, 0.29) is 5.89 Å². The Morgan fingerprint density at radius 3 is 2.38 bits per heavy atom. The second-order valence-corrected chi connectivity index (χ2v) is 5.46. The Labute approximate surface area is 149 Å². The van der Waals surface area contributed by atoms with Gasteiger partial charge >= 0.3 is 5.97 Å². The van der Waals surface area contributed by atoms with E-state index in [0.29, 0.717) is 23.3 Å². The molecule has 2 aromatic carbocycles. The Kier molecular flexibility index (Phi) is 5.07. The third-order valence-electron chi connectivity index (χ3n) is 3.69. The quantitative estimate of drug-likeness (QED) is 0.495. The SMILES string of the molecule is COc1ccc(-c2nnc([C@H](C)OC(=O)c3ccc(C=O)cc3)o2)cc1. The summed E-state index contributed by atoms with van der Waals surface area (Å²) in [7, 11) is 1.59. The number of carbonyl (C=O) groups excluding carboxylic acids is 2. The van der Waals surface area contributed by atoms with Crippen LogP contribution < -0.4 is 4.74 Å². The van der Waals surface area contributed by atoms with E-state index in [1.165, 1.54) is 12.1 Å². The van der Waals surface area contributed by atoms with Crippen LogP contribution in [0.2, 0.25) is 0 Å². The lowest BCUT2D eigenvalue weighted by Crippen LogP contribution is -2.09. The van der Waals surface area contributed by atoms with Crippen molar-refractivity contribution < 1.29 is 23.5 Å². The Balaban J connectivity index is 1.69. The van der Waals surface area contributed by atoms with Gasteiger partial charge in [-0.3, -0.25) is 4.79 Å². The van der Waals surface area contributed by atoms with Gasteiger partial charge in [0.05, 0.1) is 12.7 Å². The van der Waals surface area contributed by atoms with E-state index in [9.17, 15) is 9.59 Å². The van der Waals surface area contributed by atoms with Crippen LogP contribution in [0.4, 0.5) is 0 Å². The lowest BCUT2D eigenvalue weighted by atomic mass is 10.1. The number of aromatic nitrogens is 2. The topological polar surface area (TPSA) is 91.5 Å². The molecule has 0 unspecified atom stereocenters. The maximum absolute atomic E-state index is 12.2. The summed E-state index contributed by atoms with van der Waals surface area (Å²) in [5, 5.41) is 7.92. The summed E-state index contributed by atoms with van der Waals surface area (Å²) < 4.78 is 16.0. The fourth-order valence-corrected chi connectivity index (χ4v) is 2.23. The number of benzene rings is 2. The van der Waals surface area contributed by atoms with Crippen molar-refractivity contribution in [2.45, 2.75) is 13.0 Å². The highest BCUT2D eigenvalue weighted by Crippen LogP contribution is 2.24. The first-order valence-electron chi connectivity index (χ1n) is 7.84. The molecule has 1 heterocycles. The van der Waals surface area contributed by atoms with Crippen LogP contribution in [0.5, 0.6) is 5.75 Å². The van der Waals surface area contributed by atoms with Crippen molar-refractivity contribution in [3.05, 3.63) is 65.5 Å². The number of nitrogens with zero attached hydrogens (tertiary/aromatic N) is 2. The molecule has 132 valence electrons. The minimum absolute atomic E-state index is 0.189. The number of hydrogen-bond donors (Lipinski definition) is 0. The second kappa shape index (κ2) is 7.60. The first-order valence-corrected chi connectivity index (χ1v) is 7.84. The van der Waals surface area contributed by atoms with E-state index in [2.05, 4.69) is 10.2 Å². The van der Waals surface area contributed by atoms with Crippen molar-refractivity contribution in [3.8, 4) is 17.2 Å². The summed E-state index contributed by atoms with van der Waals surface area (Å²) in [5.74, 6) is 0.685. The average molecular weight is 352 g/mol. The lowest BCUT2D eigenvalue weighted by Gasteiger charge is -2.09. The Morgan fingerprint density at radius 1 is 1.08 bits per heavy atom. The fraction of sp³-hybridized carbons (Fsp3) is 0.158. The summed E-state index contributed by atoms with van der Waals surface area (Å²) >= 11 is 0. The van der Waals surface area contributed by atoms with Gasteiger partial charge in [0.25, 0.3) is 5.89 Å². The van der Waals surface area contributed by atoms with Gasteiger partial charge in [0, 0.05) is 11.1 Å². The van der Waals surface area contributed by atoms with Gasteiger partial charge in [-0.2, -0.15) is 0 Å². The zero-order valence-electron chi connectivity index (χ0n) is 14.2. The molecule has 0 aliphatic rings. The Bertz CT molecular complexity index is 900. The van der Waals surface area contributed by atoms with Crippen molar-refractivity contribution >= 4 is 12.3 Å². The van der Waals surface area contributed by atoms with E-state index >= 15 is 0 Å². The molecular formula is C19H16N2O5. The molecule has 0 saturated heterocycles. The maximum Gasteiger partial charge on any atom is 0.338 e. The molecule has 3 aromatic rings. The molecule has 0 radical (unpaired) electrons. The molecule has 0 amide bonds. The van der Waals surface area contributed by atoms with Crippen LogP contribution in [0.25, 0.3) is 11.5 Å². The van der Waals surface area contributed by atoms with Crippen LogP contribution in [0.3, 0.4) is 0 Å². The molecule has 0 saturated carbocycles. The van der Waals surface area contributed by atoms with Crippen LogP contribution in [-0.4, -0.2) is 29.6 Å². The molecule has 0 spiro atoms. The van der Waals surface area contributed by atoms with Gasteiger partial charge < -0.3 is 13.9 Å². The first kappa shape index (κ1) is 17.3. The predicted octanol–water partition coefficient (Wildman–Crippen LogP) is 3.48. The molecule has 0 fully saturated rings. The molecule has 26 heavy (non-hydrogen) atoms. The van der Waals surface area contributed by atoms with Gasteiger partial charge in [-0.15, -0.1) is 10.2 Å². The monoisotopic (exact) mass is 352 g/mol. The van der Waals surface area contributed by atoms with Gasteiger partial charge in [-0.05, 0) is 43.3 Å². The van der Waals surface area contributed by atoms with E-state index in [0.717, 1.165) is 11.3 Å². The fourth-order valence-electron chi connectivity index (χ4n) is 2.23. The number of aldehydes is 1. The molecule has 3 rings (SSSR count). The maximum atomic E-state index is 12.2. The van der Waals surface area contributed by atoms with E-state index < -0.39 is 12.1 Å². The largest absolute Gasteiger partial charge is 0.497 e. The first-order chi connectivity index (χ1) is 12.6. The Morgan fingerprint density at radius 2 is 1.77 bits per heavy atom. The highest BCUT2D eigenvalue weighted by Gasteiger charge is 2.20. The number of esters is 1. The molecule has 0 N–H and O–H groups in total.